The molecule has 0 aromatic heterocycles. The van der Waals surface area contributed by atoms with Gasteiger partial charge in [0.2, 0.25) is 11.8 Å². The molecule has 0 aromatic carbocycles. The molecule has 0 saturated heterocycles. The molecule has 6 nitrogen and oxygen atoms in total. The Kier molecular flexibility index (Phi) is 54.3. The standard InChI is InChI=1S/2C12H27N.C6H11NO.C5H9NO/c2*1-3-5-7-9-11-13-12-10-8-6-4-2;1-3-5-7-6(8)4-2;1-3-5(7)6-4-2/h2*13H,3-12H2,1-2H3;4H,2-3,5H2,1H3,(H,7,8);3H,1,4H2,2H3,(H,6,7). The molecular weight excluding hydrogens is 508 g/mol. The molecule has 6 heteroatoms. The first-order valence-corrected chi connectivity index (χ1v) is 17.2. The smallest absolute Gasteiger partial charge is 0.243 e. The quantitative estimate of drug-likeness (QED) is 0.0643. The Hall–Kier alpha value is -1.66. The fourth-order valence-corrected chi connectivity index (χ4v) is 3.52. The van der Waals surface area contributed by atoms with E-state index in [-0.39, 0.29) is 11.8 Å². The topological polar surface area (TPSA) is 82.3 Å². The minimum atomic E-state index is -0.109. The van der Waals surface area contributed by atoms with E-state index in [9.17, 15) is 9.59 Å². The lowest BCUT2D eigenvalue weighted by atomic mass is 10.2. The van der Waals surface area contributed by atoms with E-state index in [0.29, 0.717) is 6.54 Å². The van der Waals surface area contributed by atoms with Crippen molar-refractivity contribution in [1.82, 2.24) is 21.3 Å². The molecule has 0 unspecified atom stereocenters. The van der Waals surface area contributed by atoms with Crippen LogP contribution in [0.5, 0.6) is 0 Å². The molecule has 41 heavy (non-hydrogen) atoms. The van der Waals surface area contributed by atoms with Gasteiger partial charge in [-0.25, -0.2) is 0 Å². The van der Waals surface area contributed by atoms with Crippen LogP contribution in [-0.2, 0) is 9.59 Å². The van der Waals surface area contributed by atoms with Crippen LogP contribution in [0.25, 0.3) is 0 Å². The zero-order valence-corrected chi connectivity index (χ0v) is 28.6. The Morgan fingerprint density at radius 3 is 0.976 bits per heavy atom. The summed E-state index contributed by atoms with van der Waals surface area (Å²) in [6.07, 6.45) is 25.5. The highest BCUT2D eigenvalue weighted by atomic mass is 16.2. The third kappa shape index (κ3) is 58.8. The summed E-state index contributed by atoms with van der Waals surface area (Å²) in [5, 5.41) is 12.2. The van der Waals surface area contributed by atoms with Crippen molar-refractivity contribution in [3.63, 3.8) is 0 Å². The molecule has 0 heterocycles. The molecule has 0 rings (SSSR count). The van der Waals surface area contributed by atoms with Crippen LogP contribution in [0.15, 0.2) is 25.3 Å². The maximum atomic E-state index is 10.3. The number of likely N-dealkylation sites (N-methyl/N-ethyl adjacent to an activating group) is 1. The van der Waals surface area contributed by atoms with Gasteiger partial charge in [-0.2, -0.15) is 0 Å². The molecule has 0 bridgehead atoms. The predicted octanol–water partition coefficient (Wildman–Crippen LogP) is 8.48. The zero-order chi connectivity index (χ0) is 31.7. The summed E-state index contributed by atoms with van der Waals surface area (Å²) < 4.78 is 0. The summed E-state index contributed by atoms with van der Waals surface area (Å²) in [5.41, 5.74) is 0. The number of hydrogen-bond donors (Lipinski definition) is 4. The van der Waals surface area contributed by atoms with E-state index in [4.69, 9.17) is 0 Å². The summed E-state index contributed by atoms with van der Waals surface area (Å²) in [4.78, 5) is 20.5. The number of amides is 2. The van der Waals surface area contributed by atoms with Gasteiger partial charge >= 0.3 is 0 Å². The van der Waals surface area contributed by atoms with Crippen molar-refractivity contribution in [3.05, 3.63) is 25.3 Å². The Labute approximate surface area is 257 Å². The van der Waals surface area contributed by atoms with Crippen LogP contribution in [0.3, 0.4) is 0 Å². The summed E-state index contributed by atoms with van der Waals surface area (Å²) in [6, 6.07) is 0. The van der Waals surface area contributed by atoms with Crippen molar-refractivity contribution in [2.75, 3.05) is 39.3 Å². The van der Waals surface area contributed by atoms with E-state index < -0.39 is 0 Å². The third-order valence-electron chi connectivity index (χ3n) is 6.10. The summed E-state index contributed by atoms with van der Waals surface area (Å²) in [7, 11) is 0. The molecule has 2 amide bonds. The molecule has 0 radical (unpaired) electrons. The second-order valence-electron chi connectivity index (χ2n) is 10.3. The normalized spacial score (nSPS) is 9.61. The number of hydrogen-bond acceptors (Lipinski definition) is 4. The van der Waals surface area contributed by atoms with Gasteiger partial charge in [-0.3, -0.25) is 9.59 Å². The van der Waals surface area contributed by atoms with Gasteiger partial charge in [0.1, 0.15) is 0 Å². The molecule has 246 valence electrons. The highest BCUT2D eigenvalue weighted by molar-refractivity contribution is 5.87. The van der Waals surface area contributed by atoms with E-state index in [1.54, 1.807) is 0 Å². The Bertz CT molecular complexity index is 470. The van der Waals surface area contributed by atoms with E-state index in [2.05, 4.69) is 62.1 Å². The number of carbonyl (C=O) groups excluding carboxylic acids is 2. The fraction of sp³-hybridized carbons (Fsp3) is 0.829. The summed E-state index contributed by atoms with van der Waals surface area (Å²) >= 11 is 0. The van der Waals surface area contributed by atoms with Gasteiger partial charge in [0.15, 0.2) is 0 Å². The molecule has 0 aliphatic rings. The molecule has 4 N–H and O–H groups in total. The Balaban J connectivity index is -0.000000230. The monoisotopic (exact) mass is 583 g/mol. The van der Waals surface area contributed by atoms with Gasteiger partial charge in [-0.15, -0.1) is 0 Å². The van der Waals surface area contributed by atoms with Crippen LogP contribution >= 0.6 is 0 Å². The number of unbranched alkanes of at least 4 members (excludes halogenated alkanes) is 12. The van der Waals surface area contributed by atoms with E-state index in [0.717, 1.165) is 13.0 Å². The summed E-state index contributed by atoms with van der Waals surface area (Å²) in [5.74, 6) is -0.200. The van der Waals surface area contributed by atoms with Crippen LogP contribution in [0.4, 0.5) is 0 Å². The van der Waals surface area contributed by atoms with Crippen molar-refractivity contribution >= 4 is 11.8 Å². The minimum absolute atomic E-state index is 0.0909. The lowest BCUT2D eigenvalue weighted by Gasteiger charge is -2.03. The lowest BCUT2D eigenvalue weighted by molar-refractivity contribution is -0.117. The SMILES string of the molecule is C=CC(=O)NCC.C=CC(=O)NCCC.CCCCCCNCCCCCC.CCCCCCNCCCCCC. The maximum Gasteiger partial charge on any atom is 0.243 e. The van der Waals surface area contributed by atoms with Crippen molar-refractivity contribution < 1.29 is 9.59 Å². The lowest BCUT2D eigenvalue weighted by Crippen LogP contribution is -2.20. The minimum Gasteiger partial charge on any atom is -0.353 e. The Morgan fingerprint density at radius 1 is 0.439 bits per heavy atom. The maximum absolute atomic E-state index is 10.3. The van der Waals surface area contributed by atoms with Crippen molar-refractivity contribution in [1.29, 1.82) is 0 Å². The molecule has 0 spiro atoms. The van der Waals surface area contributed by atoms with Gasteiger partial charge in [0, 0.05) is 13.1 Å². The number of carbonyl (C=O) groups is 2. The van der Waals surface area contributed by atoms with Gasteiger partial charge in [-0.1, -0.05) is 125 Å². The van der Waals surface area contributed by atoms with Crippen LogP contribution < -0.4 is 21.3 Å². The molecule has 0 fully saturated rings. The first kappa shape index (κ1) is 46.3. The van der Waals surface area contributed by atoms with Crippen molar-refractivity contribution in [3.8, 4) is 0 Å². The largest absolute Gasteiger partial charge is 0.353 e. The van der Waals surface area contributed by atoms with Crippen LogP contribution in [0, 0.1) is 0 Å². The number of rotatable bonds is 25. The third-order valence-corrected chi connectivity index (χ3v) is 6.10. The molecule has 0 aromatic rings. The van der Waals surface area contributed by atoms with Crippen LogP contribution in [0.1, 0.15) is 151 Å². The average molecular weight is 583 g/mol. The van der Waals surface area contributed by atoms with Gasteiger partial charge < -0.3 is 21.3 Å². The Morgan fingerprint density at radius 2 is 0.756 bits per heavy atom. The van der Waals surface area contributed by atoms with E-state index in [1.807, 2.05) is 13.8 Å². The zero-order valence-electron chi connectivity index (χ0n) is 28.6. The first-order valence-electron chi connectivity index (χ1n) is 17.2. The highest BCUT2D eigenvalue weighted by Crippen LogP contribution is 2.00. The molecule has 0 aliphatic carbocycles. The van der Waals surface area contributed by atoms with Crippen LogP contribution in [-0.4, -0.2) is 51.1 Å². The molecular formula is C35H74N4O2. The number of nitrogens with one attached hydrogen (secondary N) is 4. The summed E-state index contributed by atoms with van der Waals surface area (Å²) in [6.45, 7) is 25.8. The van der Waals surface area contributed by atoms with Crippen molar-refractivity contribution in [2.45, 2.75) is 151 Å². The average Bonchev–Trinajstić information content (AvgIpc) is 2.99. The molecule has 0 atom stereocenters. The van der Waals surface area contributed by atoms with Gasteiger partial charge in [-0.05, 0) is 77.4 Å². The fourth-order valence-electron chi connectivity index (χ4n) is 3.52. The van der Waals surface area contributed by atoms with Crippen molar-refractivity contribution in [2.24, 2.45) is 0 Å². The van der Waals surface area contributed by atoms with E-state index in [1.165, 1.54) is 141 Å². The molecule has 0 aliphatic heterocycles. The second kappa shape index (κ2) is 48.1. The van der Waals surface area contributed by atoms with Gasteiger partial charge in [0.05, 0.1) is 0 Å². The predicted molar refractivity (Wildman–Crippen MR) is 185 cm³/mol. The highest BCUT2D eigenvalue weighted by Gasteiger charge is 1.91. The van der Waals surface area contributed by atoms with Gasteiger partial charge in [0.25, 0.3) is 0 Å². The van der Waals surface area contributed by atoms with E-state index >= 15 is 0 Å². The molecule has 0 saturated carbocycles. The van der Waals surface area contributed by atoms with Crippen LogP contribution in [0.2, 0.25) is 0 Å². The second-order valence-corrected chi connectivity index (χ2v) is 10.3. The first-order chi connectivity index (χ1) is 19.9.